The summed E-state index contributed by atoms with van der Waals surface area (Å²) in [5.74, 6) is 1.17. The van der Waals surface area contributed by atoms with Crippen molar-refractivity contribution in [1.82, 2.24) is 14.9 Å². The summed E-state index contributed by atoms with van der Waals surface area (Å²) in [7, 11) is 0. The van der Waals surface area contributed by atoms with E-state index in [0.29, 0.717) is 12.5 Å². The number of nitrogens with two attached hydrogens (primary N) is 1. The fourth-order valence-corrected chi connectivity index (χ4v) is 4.32. The van der Waals surface area contributed by atoms with Gasteiger partial charge >= 0.3 is 0 Å². The number of halogens is 1. The Kier molecular flexibility index (Phi) is 5.41. The minimum absolute atomic E-state index is 0.0159. The zero-order chi connectivity index (χ0) is 19.4. The van der Waals surface area contributed by atoms with Crippen LogP contribution in [0, 0.1) is 5.82 Å². The van der Waals surface area contributed by atoms with Gasteiger partial charge in [-0.05, 0) is 36.6 Å². The highest BCUT2D eigenvalue weighted by Gasteiger charge is 2.35. The number of anilines is 1. The first-order chi connectivity index (χ1) is 13.7. The van der Waals surface area contributed by atoms with Crippen LogP contribution >= 0.6 is 0 Å². The van der Waals surface area contributed by atoms with Crippen LogP contribution in [0.15, 0.2) is 47.7 Å². The summed E-state index contributed by atoms with van der Waals surface area (Å²) < 4.78 is 13.3. The third-order valence-electron chi connectivity index (χ3n) is 6.00. The lowest BCUT2D eigenvalue weighted by molar-refractivity contribution is 0.373. The number of nitrogens with zero attached hydrogens (tertiary/aromatic N) is 5. The molecule has 0 atom stereocenters. The first kappa shape index (κ1) is 18.7. The van der Waals surface area contributed by atoms with Crippen molar-refractivity contribution in [2.45, 2.75) is 31.1 Å². The van der Waals surface area contributed by atoms with Crippen LogP contribution in [-0.2, 0) is 5.41 Å². The van der Waals surface area contributed by atoms with Crippen LogP contribution in [0.5, 0.6) is 0 Å². The van der Waals surface area contributed by atoms with Gasteiger partial charge in [-0.3, -0.25) is 4.99 Å². The third kappa shape index (κ3) is 3.93. The van der Waals surface area contributed by atoms with Crippen LogP contribution in [0.3, 0.4) is 0 Å². The second-order valence-corrected chi connectivity index (χ2v) is 7.69. The summed E-state index contributed by atoms with van der Waals surface area (Å²) in [6.45, 7) is 3.91. The highest BCUT2D eigenvalue weighted by Crippen LogP contribution is 2.41. The smallest absolute Gasteiger partial charge is 0.225 e. The van der Waals surface area contributed by atoms with E-state index in [4.69, 9.17) is 10.7 Å². The Labute approximate surface area is 165 Å². The van der Waals surface area contributed by atoms with E-state index in [9.17, 15) is 4.39 Å². The van der Waals surface area contributed by atoms with Crippen LogP contribution in [0.1, 0.15) is 31.2 Å². The molecule has 1 aromatic heterocycles. The summed E-state index contributed by atoms with van der Waals surface area (Å²) in [5, 5.41) is 0. The van der Waals surface area contributed by atoms with Crippen molar-refractivity contribution in [3.8, 4) is 0 Å². The molecule has 0 bridgehead atoms. The molecule has 1 saturated carbocycles. The molecule has 4 rings (SSSR count). The number of hydrogen-bond acceptors (Lipinski definition) is 4. The maximum absolute atomic E-state index is 13.3. The van der Waals surface area contributed by atoms with Crippen molar-refractivity contribution in [3.63, 3.8) is 0 Å². The lowest BCUT2D eigenvalue weighted by atomic mass is 9.79. The fraction of sp³-hybridized carbons (Fsp3) is 0.476. The number of hydrogen-bond donors (Lipinski definition) is 1. The standard InChI is InChI=1S/C21H27FN6/c22-18-6-4-17(5-7-18)21(8-1-2-9-21)16-26-19(23)27-12-14-28(15-13-27)20-24-10-3-11-25-20/h3-7,10-11H,1-2,8-9,12-16H2,(H2,23,26). The van der Waals surface area contributed by atoms with Gasteiger partial charge in [-0.2, -0.15) is 0 Å². The Hall–Kier alpha value is -2.70. The Morgan fingerprint density at radius 1 is 1.04 bits per heavy atom. The predicted octanol–water partition coefficient (Wildman–Crippen LogP) is 2.56. The quantitative estimate of drug-likeness (QED) is 0.650. The second-order valence-electron chi connectivity index (χ2n) is 7.69. The molecular formula is C21H27FN6. The predicted molar refractivity (Wildman–Crippen MR) is 109 cm³/mol. The van der Waals surface area contributed by atoms with E-state index in [1.807, 2.05) is 18.2 Å². The monoisotopic (exact) mass is 382 g/mol. The number of aliphatic imine (C=N–C) groups is 1. The summed E-state index contributed by atoms with van der Waals surface area (Å²) in [6.07, 6.45) is 8.05. The maximum atomic E-state index is 13.3. The van der Waals surface area contributed by atoms with Gasteiger partial charge < -0.3 is 15.5 Å². The number of rotatable bonds is 4. The van der Waals surface area contributed by atoms with Crippen LogP contribution < -0.4 is 10.6 Å². The van der Waals surface area contributed by atoms with Gasteiger partial charge in [-0.15, -0.1) is 0 Å². The molecule has 0 unspecified atom stereocenters. The van der Waals surface area contributed by atoms with Crippen molar-refractivity contribution in [2.75, 3.05) is 37.6 Å². The molecule has 148 valence electrons. The SMILES string of the molecule is NC(=NCC1(c2ccc(F)cc2)CCCC1)N1CCN(c2ncccn2)CC1. The summed E-state index contributed by atoms with van der Waals surface area (Å²) >= 11 is 0. The fourth-order valence-electron chi connectivity index (χ4n) is 4.32. The average molecular weight is 382 g/mol. The van der Waals surface area contributed by atoms with Gasteiger partial charge in [-0.25, -0.2) is 14.4 Å². The Morgan fingerprint density at radius 2 is 1.68 bits per heavy atom. The molecule has 0 amide bonds. The van der Waals surface area contributed by atoms with Crippen molar-refractivity contribution >= 4 is 11.9 Å². The zero-order valence-electron chi connectivity index (χ0n) is 16.1. The molecule has 0 spiro atoms. The van der Waals surface area contributed by atoms with Gasteiger partial charge in [0.1, 0.15) is 5.82 Å². The normalized spacial score (nSPS) is 19.8. The zero-order valence-corrected chi connectivity index (χ0v) is 16.1. The van der Waals surface area contributed by atoms with E-state index in [2.05, 4.69) is 19.8 Å². The molecule has 6 nitrogen and oxygen atoms in total. The Balaban J connectivity index is 1.40. The number of aromatic nitrogens is 2. The topological polar surface area (TPSA) is 70.6 Å². The molecular weight excluding hydrogens is 355 g/mol. The highest BCUT2D eigenvalue weighted by atomic mass is 19.1. The van der Waals surface area contributed by atoms with Crippen LogP contribution in [0.25, 0.3) is 0 Å². The summed E-state index contributed by atoms with van der Waals surface area (Å²) in [5.41, 5.74) is 7.50. The number of guanidine groups is 1. The minimum Gasteiger partial charge on any atom is -0.370 e. The lowest BCUT2D eigenvalue weighted by Gasteiger charge is -2.35. The molecule has 7 heteroatoms. The molecule has 1 aromatic carbocycles. The van der Waals surface area contributed by atoms with Gasteiger partial charge in [0.2, 0.25) is 5.95 Å². The van der Waals surface area contributed by atoms with E-state index in [1.54, 1.807) is 24.5 Å². The van der Waals surface area contributed by atoms with Crippen LogP contribution in [0.4, 0.5) is 10.3 Å². The molecule has 2 fully saturated rings. The second kappa shape index (κ2) is 8.12. The van der Waals surface area contributed by atoms with Gasteiger partial charge in [0.25, 0.3) is 0 Å². The largest absolute Gasteiger partial charge is 0.370 e. The molecule has 2 aliphatic rings. The van der Waals surface area contributed by atoms with Crippen LogP contribution in [0.2, 0.25) is 0 Å². The van der Waals surface area contributed by atoms with Gasteiger partial charge in [0, 0.05) is 44.0 Å². The molecule has 1 saturated heterocycles. The highest BCUT2D eigenvalue weighted by molar-refractivity contribution is 5.78. The first-order valence-electron chi connectivity index (χ1n) is 9.99. The van der Waals surface area contributed by atoms with Crippen LogP contribution in [-0.4, -0.2) is 53.6 Å². The van der Waals surface area contributed by atoms with Crippen molar-refractivity contribution in [3.05, 3.63) is 54.1 Å². The van der Waals surface area contributed by atoms with Gasteiger partial charge in [0.05, 0.1) is 6.54 Å². The van der Waals surface area contributed by atoms with E-state index in [0.717, 1.165) is 45.0 Å². The van der Waals surface area contributed by atoms with Gasteiger partial charge in [0.15, 0.2) is 5.96 Å². The molecule has 2 N–H and O–H groups in total. The van der Waals surface area contributed by atoms with Crippen molar-refractivity contribution < 1.29 is 4.39 Å². The average Bonchev–Trinajstić information content (AvgIpc) is 3.23. The lowest BCUT2D eigenvalue weighted by Crippen LogP contribution is -2.51. The minimum atomic E-state index is -0.194. The molecule has 2 aromatic rings. The van der Waals surface area contributed by atoms with E-state index in [1.165, 1.54) is 18.4 Å². The molecule has 2 heterocycles. The third-order valence-corrected chi connectivity index (χ3v) is 6.00. The first-order valence-corrected chi connectivity index (χ1v) is 9.99. The number of benzene rings is 1. The van der Waals surface area contributed by atoms with E-state index >= 15 is 0 Å². The maximum Gasteiger partial charge on any atom is 0.225 e. The number of piperazine rings is 1. The molecule has 28 heavy (non-hydrogen) atoms. The molecule has 1 aliphatic carbocycles. The van der Waals surface area contributed by atoms with Gasteiger partial charge in [-0.1, -0.05) is 25.0 Å². The Bertz CT molecular complexity index is 793. The Morgan fingerprint density at radius 3 is 2.32 bits per heavy atom. The summed E-state index contributed by atoms with van der Waals surface area (Å²) in [6, 6.07) is 8.74. The van der Waals surface area contributed by atoms with Crippen molar-refractivity contribution in [1.29, 1.82) is 0 Å². The molecule has 0 radical (unpaired) electrons. The molecule has 1 aliphatic heterocycles. The van der Waals surface area contributed by atoms with Crippen molar-refractivity contribution in [2.24, 2.45) is 10.7 Å². The summed E-state index contributed by atoms with van der Waals surface area (Å²) in [4.78, 5) is 17.7. The van der Waals surface area contributed by atoms with E-state index in [-0.39, 0.29) is 11.2 Å². The van der Waals surface area contributed by atoms with E-state index < -0.39 is 0 Å².